The Kier molecular flexibility index (Phi) is 9.20. The van der Waals surface area contributed by atoms with E-state index >= 15 is 0 Å². The monoisotopic (exact) mass is 496 g/mol. The fourth-order valence-corrected chi connectivity index (χ4v) is 3.19. The molecule has 27 heavy (non-hydrogen) atoms. The molecule has 1 fully saturated rings. The van der Waals surface area contributed by atoms with Gasteiger partial charge in [0.05, 0.1) is 6.10 Å². The minimum absolute atomic E-state index is 0. The van der Waals surface area contributed by atoms with E-state index < -0.39 is 11.6 Å². The Bertz CT molecular complexity index is 616. The van der Waals surface area contributed by atoms with Gasteiger partial charge in [0.15, 0.2) is 5.96 Å². The van der Waals surface area contributed by atoms with E-state index in [0.717, 1.165) is 6.42 Å². The van der Waals surface area contributed by atoms with Crippen LogP contribution in [0, 0.1) is 17.0 Å². The maximum atomic E-state index is 14.0. The predicted octanol–water partition coefficient (Wildman–Crippen LogP) is 3.39. The van der Waals surface area contributed by atoms with Crippen molar-refractivity contribution in [1.82, 2.24) is 10.6 Å². The standard InChI is InChI=1S/C19H30F2N4O.HI/c1-19(2,3)16(26-5)11-23-18(22-4)24-13-9-10-25(12-13)17-14(20)7-6-8-15(17)21;/h6-8,13,16H,9-12H2,1-5H3,(H2,22,23,24);1H. The second-order valence-electron chi connectivity index (χ2n) is 7.69. The van der Waals surface area contributed by atoms with Gasteiger partial charge in [0.2, 0.25) is 0 Å². The summed E-state index contributed by atoms with van der Waals surface area (Å²) in [7, 11) is 3.41. The maximum Gasteiger partial charge on any atom is 0.191 e. The molecule has 1 saturated heterocycles. The molecular weight excluding hydrogens is 465 g/mol. The smallest absolute Gasteiger partial charge is 0.191 e. The molecule has 0 amide bonds. The van der Waals surface area contributed by atoms with Gasteiger partial charge in [0.1, 0.15) is 17.3 Å². The minimum atomic E-state index is -0.527. The highest BCUT2D eigenvalue weighted by atomic mass is 127. The molecule has 2 N–H and O–H groups in total. The molecule has 2 rings (SSSR count). The van der Waals surface area contributed by atoms with Crippen LogP contribution >= 0.6 is 24.0 Å². The number of hydrogen-bond acceptors (Lipinski definition) is 3. The van der Waals surface area contributed by atoms with E-state index in [1.165, 1.54) is 18.2 Å². The van der Waals surface area contributed by atoms with Gasteiger partial charge in [-0.2, -0.15) is 0 Å². The zero-order valence-electron chi connectivity index (χ0n) is 16.7. The van der Waals surface area contributed by atoms with Crippen molar-refractivity contribution in [3.8, 4) is 0 Å². The summed E-state index contributed by atoms with van der Waals surface area (Å²) < 4.78 is 33.5. The van der Waals surface area contributed by atoms with Crippen molar-refractivity contribution >= 4 is 35.6 Å². The van der Waals surface area contributed by atoms with Gasteiger partial charge in [-0.1, -0.05) is 26.8 Å². The molecule has 2 atom stereocenters. The number of aliphatic imine (C=N–C) groups is 1. The van der Waals surface area contributed by atoms with Crippen LogP contribution in [0.25, 0.3) is 0 Å². The first-order valence-electron chi connectivity index (χ1n) is 8.95. The number of guanidine groups is 1. The van der Waals surface area contributed by atoms with Crippen molar-refractivity contribution in [1.29, 1.82) is 0 Å². The number of ether oxygens (including phenoxy) is 1. The van der Waals surface area contributed by atoms with Crippen LogP contribution in [0.3, 0.4) is 0 Å². The van der Waals surface area contributed by atoms with Gasteiger partial charge < -0.3 is 20.3 Å². The Morgan fingerprint density at radius 2 is 1.96 bits per heavy atom. The lowest BCUT2D eigenvalue weighted by Crippen LogP contribution is -2.48. The van der Waals surface area contributed by atoms with E-state index in [1.54, 1.807) is 19.1 Å². The Hall–Kier alpha value is -1.16. The first-order valence-corrected chi connectivity index (χ1v) is 8.95. The molecule has 1 aliphatic rings. The summed E-state index contributed by atoms with van der Waals surface area (Å²) in [5.74, 6) is -0.389. The zero-order chi connectivity index (χ0) is 19.3. The first kappa shape index (κ1) is 23.9. The van der Waals surface area contributed by atoms with Gasteiger partial charge in [-0.15, -0.1) is 24.0 Å². The fraction of sp³-hybridized carbons (Fsp3) is 0.632. The summed E-state index contributed by atoms with van der Waals surface area (Å²) >= 11 is 0. The number of anilines is 1. The Morgan fingerprint density at radius 1 is 1.33 bits per heavy atom. The van der Waals surface area contributed by atoms with E-state index in [9.17, 15) is 8.78 Å². The number of hydrogen-bond donors (Lipinski definition) is 2. The van der Waals surface area contributed by atoms with Crippen molar-refractivity contribution in [3.63, 3.8) is 0 Å². The molecule has 0 aliphatic carbocycles. The van der Waals surface area contributed by atoms with E-state index in [4.69, 9.17) is 4.74 Å². The molecule has 0 saturated carbocycles. The summed E-state index contributed by atoms with van der Waals surface area (Å²) in [6, 6.07) is 4.03. The Balaban J connectivity index is 0.00000364. The average molecular weight is 496 g/mol. The molecule has 0 aromatic heterocycles. The molecule has 1 aromatic rings. The molecule has 1 heterocycles. The summed E-state index contributed by atoms with van der Waals surface area (Å²) in [6.07, 6.45) is 0.815. The molecule has 5 nitrogen and oxygen atoms in total. The number of nitrogens with one attached hydrogen (secondary N) is 2. The average Bonchev–Trinajstić information content (AvgIpc) is 3.01. The molecule has 8 heteroatoms. The minimum Gasteiger partial charge on any atom is -0.379 e. The molecule has 1 aromatic carbocycles. The SMILES string of the molecule is CN=C(NCC(OC)C(C)(C)C)NC1CCN(c2c(F)cccc2F)C1.I. The van der Waals surface area contributed by atoms with Crippen LogP contribution in [0.5, 0.6) is 0 Å². The van der Waals surface area contributed by atoms with Crippen molar-refractivity contribution in [2.45, 2.75) is 39.3 Å². The Morgan fingerprint density at radius 3 is 2.48 bits per heavy atom. The fourth-order valence-electron chi connectivity index (χ4n) is 3.19. The number of halogens is 3. The number of nitrogens with zero attached hydrogens (tertiary/aromatic N) is 2. The highest BCUT2D eigenvalue weighted by Crippen LogP contribution is 2.26. The number of benzene rings is 1. The van der Waals surface area contributed by atoms with E-state index in [1.807, 2.05) is 0 Å². The lowest BCUT2D eigenvalue weighted by atomic mass is 9.89. The first-order chi connectivity index (χ1) is 12.3. The van der Waals surface area contributed by atoms with Crippen molar-refractivity contribution < 1.29 is 13.5 Å². The summed E-state index contributed by atoms with van der Waals surface area (Å²) in [4.78, 5) is 5.98. The van der Waals surface area contributed by atoms with E-state index in [0.29, 0.717) is 25.6 Å². The molecule has 2 unspecified atom stereocenters. The number of rotatable bonds is 5. The van der Waals surface area contributed by atoms with Crippen LogP contribution in [-0.4, -0.2) is 51.9 Å². The molecule has 1 aliphatic heterocycles. The van der Waals surface area contributed by atoms with Gasteiger partial charge in [0.25, 0.3) is 0 Å². The van der Waals surface area contributed by atoms with Crippen molar-refractivity contribution in [2.24, 2.45) is 10.4 Å². The highest BCUT2D eigenvalue weighted by molar-refractivity contribution is 14.0. The van der Waals surface area contributed by atoms with Crippen LogP contribution < -0.4 is 15.5 Å². The van der Waals surface area contributed by atoms with Crippen molar-refractivity contribution in [3.05, 3.63) is 29.8 Å². The second kappa shape index (κ2) is 10.4. The quantitative estimate of drug-likeness (QED) is 0.373. The van der Waals surface area contributed by atoms with Gasteiger partial charge in [-0.05, 0) is 24.0 Å². The van der Waals surface area contributed by atoms with Crippen LogP contribution in [0.1, 0.15) is 27.2 Å². The lowest BCUT2D eigenvalue weighted by Gasteiger charge is -2.30. The third kappa shape index (κ3) is 6.44. The van der Waals surface area contributed by atoms with E-state index in [2.05, 4.69) is 36.4 Å². The van der Waals surface area contributed by atoms with Crippen LogP contribution in [0.4, 0.5) is 14.5 Å². The molecule has 154 valence electrons. The third-order valence-corrected chi connectivity index (χ3v) is 4.71. The van der Waals surface area contributed by atoms with Gasteiger partial charge in [-0.3, -0.25) is 4.99 Å². The summed E-state index contributed by atoms with van der Waals surface area (Å²) in [6.45, 7) is 8.10. The molecular formula is C19H31F2IN4O. The van der Waals surface area contributed by atoms with Crippen molar-refractivity contribution in [2.75, 3.05) is 38.7 Å². The number of para-hydroxylation sites is 1. The predicted molar refractivity (Wildman–Crippen MR) is 117 cm³/mol. The molecule has 0 spiro atoms. The lowest BCUT2D eigenvalue weighted by molar-refractivity contribution is 0.0205. The second-order valence-corrected chi connectivity index (χ2v) is 7.69. The third-order valence-electron chi connectivity index (χ3n) is 4.71. The summed E-state index contributed by atoms with van der Waals surface area (Å²) in [5, 5.41) is 6.61. The Labute approximate surface area is 178 Å². The van der Waals surface area contributed by atoms with Crippen LogP contribution in [-0.2, 0) is 4.74 Å². The van der Waals surface area contributed by atoms with Gasteiger partial charge in [-0.25, -0.2) is 8.78 Å². The summed E-state index contributed by atoms with van der Waals surface area (Å²) in [5.41, 5.74) is 0.0551. The van der Waals surface area contributed by atoms with Crippen LogP contribution in [0.15, 0.2) is 23.2 Å². The van der Waals surface area contributed by atoms with Gasteiger partial charge in [0, 0.05) is 39.8 Å². The maximum absolute atomic E-state index is 14.0. The highest BCUT2D eigenvalue weighted by Gasteiger charge is 2.28. The largest absolute Gasteiger partial charge is 0.379 e. The topological polar surface area (TPSA) is 48.9 Å². The number of methoxy groups -OCH3 is 1. The normalized spacial score (nSPS) is 18.9. The zero-order valence-corrected chi connectivity index (χ0v) is 19.0. The van der Waals surface area contributed by atoms with Gasteiger partial charge >= 0.3 is 0 Å². The van der Waals surface area contributed by atoms with Crippen LogP contribution in [0.2, 0.25) is 0 Å². The molecule has 0 bridgehead atoms. The molecule has 0 radical (unpaired) electrons. The van der Waals surface area contributed by atoms with E-state index in [-0.39, 0.29) is 47.2 Å².